The molecule has 2 aliphatic heterocycles. The second kappa shape index (κ2) is 9.60. The lowest BCUT2D eigenvalue weighted by Gasteiger charge is -2.34. The van der Waals surface area contributed by atoms with Gasteiger partial charge in [0.15, 0.2) is 0 Å². The zero-order valence-electron chi connectivity index (χ0n) is 18.0. The van der Waals surface area contributed by atoms with Gasteiger partial charge < -0.3 is 14.1 Å². The monoisotopic (exact) mass is 412 g/mol. The van der Waals surface area contributed by atoms with Gasteiger partial charge in [-0.3, -0.25) is 9.69 Å². The van der Waals surface area contributed by atoms with E-state index in [4.69, 9.17) is 9.15 Å². The highest BCUT2D eigenvalue weighted by Gasteiger charge is 2.39. The van der Waals surface area contributed by atoms with E-state index in [0.717, 1.165) is 69.5 Å². The number of nitrogens with zero attached hydrogens (tertiary/aromatic N) is 4. The molecule has 1 aromatic heterocycles. The molecule has 2 aromatic rings. The van der Waals surface area contributed by atoms with Gasteiger partial charge in [-0.1, -0.05) is 13.3 Å². The average molecular weight is 413 g/mol. The third kappa shape index (κ3) is 4.67. The molecular weight excluding hydrogens is 380 g/mol. The largest absolute Gasteiger partial charge is 0.494 e. The summed E-state index contributed by atoms with van der Waals surface area (Å²) in [6, 6.07) is 8.50. The molecule has 0 unspecified atom stereocenters. The van der Waals surface area contributed by atoms with Gasteiger partial charge in [0.1, 0.15) is 5.75 Å². The van der Waals surface area contributed by atoms with Crippen molar-refractivity contribution in [1.82, 2.24) is 20.0 Å². The molecule has 0 aliphatic carbocycles. The molecule has 2 fully saturated rings. The van der Waals surface area contributed by atoms with Crippen LogP contribution in [0.1, 0.15) is 58.3 Å². The van der Waals surface area contributed by atoms with Gasteiger partial charge in [-0.15, -0.1) is 10.2 Å². The molecule has 0 spiro atoms. The Hall–Kier alpha value is -2.41. The van der Waals surface area contributed by atoms with Crippen molar-refractivity contribution in [3.05, 3.63) is 30.2 Å². The number of aromatic nitrogens is 2. The van der Waals surface area contributed by atoms with Gasteiger partial charge in [-0.2, -0.15) is 0 Å². The molecule has 2 atom stereocenters. The van der Waals surface area contributed by atoms with Crippen LogP contribution in [0.3, 0.4) is 0 Å². The summed E-state index contributed by atoms with van der Waals surface area (Å²) in [5.41, 5.74) is 0.896. The van der Waals surface area contributed by atoms with Crippen LogP contribution in [0.2, 0.25) is 0 Å². The third-order valence-electron chi connectivity index (χ3n) is 6.24. The number of amides is 1. The van der Waals surface area contributed by atoms with E-state index in [1.165, 1.54) is 0 Å². The van der Waals surface area contributed by atoms with E-state index in [0.29, 0.717) is 30.4 Å². The van der Waals surface area contributed by atoms with Crippen LogP contribution in [-0.2, 0) is 11.3 Å². The van der Waals surface area contributed by atoms with Gasteiger partial charge in [0.25, 0.3) is 0 Å². The summed E-state index contributed by atoms with van der Waals surface area (Å²) >= 11 is 0. The predicted octanol–water partition coefficient (Wildman–Crippen LogP) is 3.89. The summed E-state index contributed by atoms with van der Waals surface area (Å²) in [5.74, 6) is 2.21. The number of hydrogen-bond acceptors (Lipinski definition) is 6. The first-order valence-corrected chi connectivity index (χ1v) is 11.2. The number of likely N-dealkylation sites (tertiary alicyclic amines) is 2. The number of benzene rings is 1. The summed E-state index contributed by atoms with van der Waals surface area (Å²) in [6.07, 6.45) is 6.62. The van der Waals surface area contributed by atoms with Crippen molar-refractivity contribution >= 4 is 5.91 Å². The molecular formula is C23H32N4O3. The van der Waals surface area contributed by atoms with Gasteiger partial charge in [-0.25, -0.2) is 0 Å². The smallest absolute Gasteiger partial charge is 0.247 e. The highest BCUT2D eigenvalue weighted by atomic mass is 16.5. The number of rotatable bonds is 8. The zero-order valence-corrected chi connectivity index (χ0v) is 18.0. The third-order valence-corrected chi connectivity index (χ3v) is 6.24. The second-order valence-electron chi connectivity index (χ2n) is 8.33. The van der Waals surface area contributed by atoms with Crippen LogP contribution in [0.25, 0.3) is 11.5 Å². The Bertz CT molecular complexity index is 835. The highest BCUT2D eigenvalue weighted by molar-refractivity contribution is 5.74. The van der Waals surface area contributed by atoms with Crippen molar-refractivity contribution in [3.63, 3.8) is 0 Å². The summed E-state index contributed by atoms with van der Waals surface area (Å²) in [4.78, 5) is 16.5. The van der Waals surface area contributed by atoms with Crippen molar-refractivity contribution < 1.29 is 13.9 Å². The number of unbranched alkanes of at least 4 members (excludes halogenated alkanes) is 1. The van der Waals surface area contributed by atoms with Gasteiger partial charge in [-0.05, 0) is 62.9 Å². The molecule has 7 heteroatoms. The molecule has 2 aliphatic rings. The molecule has 30 heavy (non-hydrogen) atoms. The molecule has 0 N–H and O–H groups in total. The average Bonchev–Trinajstić information content (AvgIpc) is 3.49. The molecule has 162 valence electrons. The number of carbonyl (C=O) groups is 1. The van der Waals surface area contributed by atoms with Crippen LogP contribution in [0, 0.1) is 0 Å². The zero-order chi connectivity index (χ0) is 20.9. The maximum Gasteiger partial charge on any atom is 0.247 e. The fraction of sp³-hybridized carbons (Fsp3) is 0.609. The Morgan fingerprint density at radius 2 is 1.90 bits per heavy atom. The Balaban J connectivity index is 1.39. The maximum atomic E-state index is 12.0. The highest BCUT2D eigenvalue weighted by Crippen LogP contribution is 2.31. The molecule has 3 heterocycles. The van der Waals surface area contributed by atoms with Crippen molar-refractivity contribution in [1.29, 1.82) is 0 Å². The lowest BCUT2D eigenvalue weighted by molar-refractivity contribution is -0.130. The Labute approximate surface area is 178 Å². The lowest BCUT2D eigenvalue weighted by Crippen LogP contribution is -2.47. The summed E-state index contributed by atoms with van der Waals surface area (Å²) in [7, 11) is 0. The first-order chi connectivity index (χ1) is 14.7. The van der Waals surface area contributed by atoms with E-state index in [1.807, 2.05) is 29.2 Å². The molecule has 2 saturated heterocycles. The lowest BCUT2D eigenvalue weighted by atomic mass is 10.0. The minimum atomic E-state index is 0.187. The van der Waals surface area contributed by atoms with E-state index in [-0.39, 0.29) is 5.91 Å². The van der Waals surface area contributed by atoms with Gasteiger partial charge in [0, 0.05) is 31.1 Å². The second-order valence-corrected chi connectivity index (χ2v) is 8.33. The predicted molar refractivity (Wildman–Crippen MR) is 114 cm³/mol. The van der Waals surface area contributed by atoms with Crippen molar-refractivity contribution in [3.8, 4) is 17.2 Å². The molecule has 4 rings (SSSR count). The minimum absolute atomic E-state index is 0.187. The molecule has 0 bridgehead atoms. The van der Waals surface area contributed by atoms with Gasteiger partial charge >= 0.3 is 0 Å². The van der Waals surface area contributed by atoms with E-state index in [1.54, 1.807) is 6.92 Å². The van der Waals surface area contributed by atoms with E-state index in [9.17, 15) is 4.79 Å². The maximum absolute atomic E-state index is 12.0. The Kier molecular flexibility index (Phi) is 6.67. The fourth-order valence-electron chi connectivity index (χ4n) is 4.70. The Morgan fingerprint density at radius 3 is 2.67 bits per heavy atom. The topological polar surface area (TPSA) is 71.7 Å². The Morgan fingerprint density at radius 1 is 1.13 bits per heavy atom. The van der Waals surface area contributed by atoms with E-state index < -0.39 is 0 Å². The van der Waals surface area contributed by atoms with E-state index >= 15 is 0 Å². The van der Waals surface area contributed by atoms with Gasteiger partial charge in [0.2, 0.25) is 17.7 Å². The SMILES string of the molecule is CCCCOc1ccc(-c2nnc(CN3CCC[C@H]3[C@@H]3CCCN3C(C)=O)o2)cc1. The summed E-state index contributed by atoms with van der Waals surface area (Å²) < 4.78 is 11.7. The normalized spacial score (nSPS) is 22.0. The molecule has 0 saturated carbocycles. The number of carbonyl (C=O) groups excluding carboxylic acids is 1. The van der Waals surface area contributed by atoms with Crippen LogP contribution in [0.4, 0.5) is 0 Å². The minimum Gasteiger partial charge on any atom is -0.494 e. The molecule has 1 aromatic carbocycles. The first-order valence-electron chi connectivity index (χ1n) is 11.2. The standard InChI is InChI=1S/C23H32N4O3/c1-3-4-15-29-19-11-9-18(10-12-19)23-25-24-22(30-23)16-26-13-5-7-20(26)21-8-6-14-27(21)17(2)28/h9-12,20-21H,3-8,13-16H2,1-2H3/t20-,21-/m0/s1. The van der Waals surface area contributed by atoms with E-state index in [2.05, 4.69) is 22.0 Å². The van der Waals surface area contributed by atoms with Crippen molar-refractivity contribution in [2.75, 3.05) is 19.7 Å². The molecule has 7 nitrogen and oxygen atoms in total. The van der Waals surface area contributed by atoms with Crippen LogP contribution in [0.15, 0.2) is 28.7 Å². The van der Waals surface area contributed by atoms with Crippen molar-refractivity contribution in [2.24, 2.45) is 0 Å². The number of hydrogen-bond donors (Lipinski definition) is 0. The van der Waals surface area contributed by atoms with Crippen molar-refractivity contribution in [2.45, 2.75) is 71.0 Å². The van der Waals surface area contributed by atoms with Crippen LogP contribution >= 0.6 is 0 Å². The fourth-order valence-corrected chi connectivity index (χ4v) is 4.70. The molecule has 1 amide bonds. The van der Waals surface area contributed by atoms with Crippen LogP contribution in [0.5, 0.6) is 5.75 Å². The van der Waals surface area contributed by atoms with Crippen LogP contribution in [-0.4, -0.2) is 57.7 Å². The quantitative estimate of drug-likeness (QED) is 0.613. The summed E-state index contributed by atoms with van der Waals surface area (Å²) in [5, 5.41) is 8.53. The number of ether oxygens (including phenoxy) is 1. The van der Waals surface area contributed by atoms with Gasteiger partial charge in [0.05, 0.1) is 13.2 Å². The first kappa shape index (κ1) is 20.8. The van der Waals surface area contributed by atoms with Crippen LogP contribution < -0.4 is 4.74 Å². The summed E-state index contributed by atoms with van der Waals surface area (Å²) in [6.45, 7) is 7.10. The molecule has 0 radical (unpaired) electrons.